The molecular formula is C13H17N3O. The van der Waals surface area contributed by atoms with Gasteiger partial charge in [0.1, 0.15) is 11.5 Å². The Kier molecular flexibility index (Phi) is 3.04. The number of hydrogen-bond acceptors (Lipinski definition) is 4. The van der Waals surface area contributed by atoms with E-state index in [9.17, 15) is 0 Å². The van der Waals surface area contributed by atoms with Gasteiger partial charge in [0.2, 0.25) is 0 Å². The molecule has 1 aromatic heterocycles. The SMILES string of the molecule is CNc1nc(-c2ccc(N(C)C)cc2)c(C)o1. The molecule has 1 N–H and O–H groups in total. The van der Waals surface area contributed by atoms with Crippen LogP contribution < -0.4 is 10.2 Å². The molecule has 1 heterocycles. The summed E-state index contributed by atoms with van der Waals surface area (Å²) in [7, 11) is 5.84. The Morgan fingerprint density at radius 2 is 1.82 bits per heavy atom. The Labute approximate surface area is 101 Å². The summed E-state index contributed by atoms with van der Waals surface area (Å²) in [6, 6.07) is 8.80. The van der Waals surface area contributed by atoms with E-state index < -0.39 is 0 Å². The number of aryl methyl sites for hydroxylation is 1. The van der Waals surface area contributed by atoms with Gasteiger partial charge >= 0.3 is 0 Å². The van der Waals surface area contributed by atoms with Gasteiger partial charge in [-0.15, -0.1) is 0 Å². The first kappa shape index (κ1) is 11.5. The van der Waals surface area contributed by atoms with Crippen molar-refractivity contribution in [3.8, 4) is 11.3 Å². The molecule has 0 atom stereocenters. The van der Waals surface area contributed by atoms with Crippen molar-refractivity contribution in [1.82, 2.24) is 4.98 Å². The van der Waals surface area contributed by atoms with E-state index in [1.807, 2.05) is 21.0 Å². The third-order valence-electron chi connectivity index (χ3n) is 2.67. The van der Waals surface area contributed by atoms with Gasteiger partial charge in [0.25, 0.3) is 6.01 Å². The number of oxazole rings is 1. The van der Waals surface area contributed by atoms with Gasteiger partial charge in [-0.25, -0.2) is 0 Å². The van der Waals surface area contributed by atoms with Crippen LogP contribution in [0.3, 0.4) is 0 Å². The maximum atomic E-state index is 5.46. The van der Waals surface area contributed by atoms with Gasteiger partial charge in [-0.05, 0) is 19.1 Å². The molecule has 0 bridgehead atoms. The van der Waals surface area contributed by atoms with E-state index in [0.29, 0.717) is 6.01 Å². The molecule has 4 heteroatoms. The van der Waals surface area contributed by atoms with Crippen molar-refractivity contribution < 1.29 is 4.42 Å². The zero-order chi connectivity index (χ0) is 12.4. The molecule has 2 rings (SSSR count). The number of hydrogen-bond donors (Lipinski definition) is 1. The van der Waals surface area contributed by atoms with Crippen molar-refractivity contribution >= 4 is 11.7 Å². The summed E-state index contributed by atoms with van der Waals surface area (Å²) in [5, 5.41) is 2.90. The van der Waals surface area contributed by atoms with Crippen molar-refractivity contribution in [2.75, 3.05) is 31.4 Å². The quantitative estimate of drug-likeness (QED) is 0.882. The Balaban J connectivity index is 2.36. The zero-order valence-electron chi connectivity index (χ0n) is 10.6. The molecule has 0 saturated carbocycles. The highest BCUT2D eigenvalue weighted by Crippen LogP contribution is 2.26. The first-order valence-corrected chi connectivity index (χ1v) is 5.54. The highest BCUT2D eigenvalue weighted by atomic mass is 16.4. The van der Waals surface area contributed by atoms with Crippen LogP contribution in [0.2, 0.25) is 0 Å². The lowest BCUT2D eigenvalue weighted by Crippen LogP contribution is -2.07. The van der Waals surface area contributed by atoms with Gasteiger partial charge in [0, 0.05) is 32.4 Å². The minimum atomic E-state index is 0.550. The van der Waals surface area contributed by atoms with Crippen LogP contribution in [-0.2, 0) is 0 Å². The van der Waals surface area contributed by atoms with E-state index in [1.165, 1.54) is 5.69 Å². The second kappa shape index (κ2) is 4.49. The number of rotatable bonds is 3. The largest absolute Gasteiger partial charge is 0.428 e. The summed E-state index contributed by atoms with van der Waals surface area (Å²) in [4.78, 5) is 6.45. The average molecular weight is 231 g/mol. The topological polar surface area (TPSA) is 41.3 Å². The van der Waals surface area contributed by atoms with Crippen molar-refractivity contribution in [3.63, 3.8) is 0 Å². The van der Waals surface area contributed by atoms with E-state index in [1.54, 1.807) is 7.05 Å². The molecule has 2 aromatic rings. The van der Waals surface area contributed by atoms with Gasteiger partial charge in [-0.2, -0.15) is 4.98 Å². The summed E-state index contributed by atoms with van der Waals surface area (Å²) in [6.45, 7) is 1.92. The first-order chi connectivity index (χ1) is 8.11. The van der Waals surface area contributed by atoms with Gasteiger partial charge in [-0.3, -0.25) is 0 Å². The summed E-state index contributed by atoms with van der Waals surface area (Å²) in [5.41, 5.74) is 3.13. The molecule has 0 fully saturated rings. The molecular weight excluding hydrogens is 214 g/mol. The highest BCUT2D eigenvalue weighted by Gasteiger charge is 2.10. The predicted octanol–water partition coefficient (Wildman–Crippen LogP) is 2.76. The molecule has 17 heavy (non-hydrogen) atoms. The number of aromatic nitrogens is 1. The van der Waals surface area contributed by atoms with Crippen molar-refractivity contribution in [2.45, 2.75) is 6.92 Å². The molecule has 0 aliphatic rings. The fourth-order valence-corrected chi connectivity index (χ4v) is 1.69. The van der Waals surface area contributed by atoms with Crippen LogP contribution in [0.4, 0.5) is 11.7 Å². The van der Waals surface area contributed by atoms with Crippen LogP contribution in [0.1, 0.15) is 5.76 Å². The third-order valence-corrected chi connectivity index (χ3v) is 2.67. The second-order valence-corrected chi connectivity index (χ2v) is 4.12. The van der Waals surface area contributed by atoms with E-state index in [0.717, 1.165) is 17.0 Å². The Morgan fingerprint density at radius 3 is 2.29 bits per heavy atom. The van der Waals surface area contributed by atoms with E-state index in [2.05, 4.69) is 39.5 Å². The molecule has 0 aliphatic heterocycles. The lowest BCUT2D eigenvalue weighted by atomic mass is 10.1. The maximum Gasteiger partial charge on any atom is 0.295 e. The summed E-state index contributed by atoms with van der Waals surface area (Å²) < 4.78 is 5.46. The van der Waals surface area contributed by atoms with Crippen LogP contribution in [0.25, 0.3) is 11.3 Å². The van der Waals surface area contributed by atoms with Gasteiger partial charge < -0.3 is 14.6 Å². The summed E-state index contributed by atoms with van der Waals surface area (Å²) in [6.07, 6.45) is 0. The van der Waals surface area contributed by atoms with Crippen LogP contribution in [-0.4, -0.2) is 26.1 Å². The fraction of sp³-hybridized carbons (Fsp3) is 0.308. The minimum absolute atomic E-state index is 0.550. The maximum absolute atomic E-state index is 5.46. The van der Waals surface area contributed by atoms with Crippen molar-refractivity contribution in [3.05, 3.63) is 30.0 Å². The van der Waals surface area contributed by atoms with Crippen LogP contribution in [0, 0.1) is 6.92 Å². The third kappa shape index (κ3) is 2.25. The molecule has 0 unspecified atom stereocenters. The van der Waals surface area contributed by atoms with Crippen LogP contribution in [0.5, 0.6) is 0 Å². The fourth-order valence-electron chi connectivity index (χ4n) is 1.69. The molecule has 0 spiro atoms. The Hall–Kier alpha value is -1.97. The van der Waals surface area contributed by atoms with Gasteiger partial charge in [-0.1, -0.05) is 12.1 Å². The smallest absolute Gasteiger partial charge is 0.295 e. The average Bonchev–Trinajstić information content (AvgIpc) is 2.71. The van der Waals surface area contributed by atoms with E-state index in [4.69, 9.17) is 4.42 Å². The second-order valence-electron chi connectivity index (χ2n) is 4.12. The number of nitrogens with zero attached hydrogens (tertiary/aromatic N) is 2. The Bertz CT molecular complexity index is 500. The van der Waals surface area contributed by atoms with Crippen molar-refractivity contribution in [2.24, 2.45) is 0 Å². The van der Waals surface area contributed by atoms with E-state index in [-0.39, 0.29) is 0 Å². The lowest BCUT2D eigenvalue weighted by Gasteiger charge is -2.12. The predicted molar refractivity (Wildman–Crippen MR) is 70.5 cm³/mol. The molecule has 0 aliphatic carbocycles. The minimum Gasteiger partial charge on any atom is -0.428 e. The zero-order valence-corrected chi connectivity index (χ0v) is 10.6. The molecule has 0 saturated heterocycles. The molecule has 4 nitrogen and oxygen atoms in total. The molecule has 0 amide bonds. The van der Waals surface area contributed by atoms with Crippen LogP contribution in [0.15, 0.2) is 28.7 Å². The van der Waals surface area contributed by atoms with Crippen LogP contribution >= 0.6 is 0 Å². The number of anilines is 2. The van der Waals surface area contributed by atoms with E-state index >= 15 is 0 Å². The molecule has 1 aromatic carbocycles. The van der Waals surface area contributed by atoms with Gasteiger partial charge in [0.05, 0.1) is 0 Å². The number of benzene rings is 1. The lowest BCUT2D eigenvalue weighted by molar-refractivity contribution is 0.544. The Morgan fingerprint density at radius 1 is 1.18 bits per heavy atom. The van der Waals surface area contributed by atoms with Gasteiger partial charge in [0.15, 0.2) is 0 Å². The summed E-state index contributed by atoms with van der Waals surface area (Å²) in [5.74, 6) is 0.826. The monoisotopic (exact) mass is 231 g/mol. The van der Waals surface area contributed by atoms with Crippen molar-refractivity contribution in [1.29, 1.82) is 0 Å². The first-order valence-electron chi connectivity index (χ1n) is 5.54. The standard InChI is InChI=1S/C13H17N3O/c1-9-12(15-13(14-2)17-9)10-5-7-11(8-6-10)16(3)4/h5-8H,1-4H3,(H,14,15). The number of nitrogens with one attached hydrogen (secondary N) is 1. The molecule has 0 radical (unpaired) electrons. The summed E-state index contributed by atoms with van der Waals surface area (Å²) >= 11 is 0. The normalized spacial score (nSPS) is 10.4. The highest BCUT2D eigenvalue weighted by molar-refractivity contribution is 5.65. The molecule has 90 valence electrons.